The maximum absolute atomic E-state index is 12.9. The van der Waals surface area contributed by atoms with Gasteiger partial charge in [0.25, 0.3) is 0 Å². The van der Waals surface area contributed by atoms with Crippen LogP contribution in [0.25, 0.3) is 0 Å². The molecule has 6 heteroatoms. The third-order valence-electron chi connectivity index (χ3n) is 12.6. The van der Waals surface area contributed by atoms with Crippen LogP contribution in [-0.2, 0) is 28.6 Å². The van der Waals surface area contributed by atoms with E-state index >= 15 is 0 Å². The van der Waals surface area contributed by atoms with Gasteiger partial charge in [0.15, 0.2) is 6.10 Å². The number of allylic oxidation sites excluding steroid dienone is 32. The molecule has 0 rings (SSSR count). The third-order valence-corrected chi connectivity index (χ3v) is 12.6. The maximum Gasteiger partial charge on any atom is 0.306 e. The van der Waals surface area contributed by atoms with Gasteiger partial charge in [0.05, 0.1) is 0 Å². The summed E-state index contributed by atoms with van der Waals surface area (Å²) in [6.45, 7) is 6.28. The molecule has 1 atom stereocenters. The first kappa shape index (κ1) is 75.2. The van der Waals surface area contributed by atoms with E-state index in [0.717, 1.165) is 173 Å². The van der Waals surface area contributed by atoms with E-state index in [2.05, 4.69) is 215 Å². The maximum atomic E-state index is 12.9. The summed E-state index contributed by atoms with van der Waals surface area (Å²) in [5, 5.41) is 0. The number of hydrogen-bond donors (Lipinski definition) is 0. The van der Waals surface area contributed by atoms with Crippen LogP contribution in [0.3, 0.4) is 0 Å². The molecule has 0 heterocycles. The molecule has 0 radical (unpaired) electrons. The summed E-state index contributed by atoms with van der Waals surface area (Å²) in [7, 11) is 0. The second kappa shape index (κ2) is 66.8. The lowest BCUT2D eigenvalue weighted by Crippen LogP contribution is -2.30. The highest BCUT2D eigenvalue weighted by Crippen LogP contribution is 2.12. The molecular formula is C75H114O6. The SMILES string of the molecule is CC/C=C\C/C=C\C/C=C\C/C=C\C/C=C\C/C=C\C/C=C\C/C=C\C/C=C\CCCC(=O)OCC(COC(=O)CCCCCCC/C=C\CCCC)OC(=O)CCCCCC/C=C\C/C=C\C/C=C\C/C=C\C/C=C\C/C=C\CC. The standard InChI is InChI=1S/C75H114O6/c1-4-7-10-13-16-19-22-24-26-28-30-32-34-35-36-37-38-39-41-42-44-46-48-50-53-56-59-62-65-68-74(77)80-71-72(70-79-73(76)67-64-61-58-55-52-21-18-15-12-9-6-3)81-75(78)69-66-63-60-57-54-51-49-47-45-43-40-33-31-29-27-25-23-20-17-14-11-8-5-2/h7-8,10-11,15-20,24-27,30-33,35-36,38-39,42-45,48-51,56,59,72H,4-6,9,12-14,21-23,28-29,34,37,40-41,46-47,52-55,57-58,60-71H2,1-3H3/b10-7-,11-8-,18-15-,19-16-,20-17-,26-24-,27-25-,32-30-,33-31-,36-35-,39-38-,44-42-,45-43-,50-48-,51-49-,59-56-. The summed E-state index contributed by atoms with van der Waals surface area (Å²) in [6.07, 6.45) is 102. The molecule has 0 aliphatic rings. The summed E-state index contributed by atoms with van der Waals surface area (Å²) in [5.74, 6) is -1.03. The predicted molar refractivity (Wildman–Crippen MR) is 352 cm³/mol. The highest BCUT2D eigenvalue weighted by molar-refractivity contribution is 5.71. The minimum atomic E-state index is -0.831. The molecule has 0 fully saturated rings. The first-order chi connectivity index (χ1) is 40.0. The molecule has 1 unspecified atom stereocenters. The molecule has 0 aromatic heterocycles. The van der Waals surface area contributed by atoms with Gasteiger partial charge in [-0.15, -0.1) is 0 Å². The Labute approximate surface area is 497 Å². The topological polar surface area (TPSA) is 78.9 Å². The number of esters is 3. The Morgan fingerprint density at radius 3 is 0.815 bits per heavy atom. The van der Waals surface area contributed by atoms with Crippen LogP contribution in [0.5, 0.6) is 0 Å². The zero-order valence-electron chi connectivity index (χ0n) is 51.5. The quantitative estimate of drug-likeness (QED) is 0.0261. The normalized spacial score (nSPS) is 13.5. The number of rotatable bonds is 55. The Balaban J connectivity index is 4.50. The van der Waals surface area contributed by atoms with E-state index in [0.29, 0.717) is 12.8 Å². The molecule has 0 aromatic carbocycles. The van der Waals surface area contributed by atoms with Crippen molar-refractivity contribution in [2.45, 2.75) is 245 Å². The molecule has 0 aliphatic carbocycles. The van der Waals surface area contributed by atoms with Gasteiger partial charge in [-0.25, -0.2) is 0 Å². The summed E-state index contributed by atoms with van der Waals surface area (Å²) in [5.41, 5.74) is 0. The van der Waals surface area contributed by atoms with E-state index in [1.165, 1.54) is 19.3 Å². The fourth-order valence-corrected chi connectivity index (χ4v) is 7.84. The van der Waals surface area contributed by atoms with Gasteiger partial charge in [-0.2, -0.15) is 0 Å². The highest BCUT2D eigenvalue weighted by atomic mass is 16.6. The summed E-state index contributed by atoms with van der Waals surface area (Å²) >= 11 is 0. The van der Waals surface area contributed by atoms with Crippen molar-refractivity contribution in [2.75, 3.05) is 13.2 Å². The van der Waals surface area contributed by atoms with E-state index in [9.17, 15) is 14.4 Å². The van der Waals surface area contributed by atoms with Crippen molar-refractivity contribution in [1.29, 1.82) is 0 Å². The molecule has 0 saturated carbocycles. The Bertz CT molecular complexity index is 1950. The van der Waals surface area contributed by atoms with Crippen LogP contribution < -0.4 is 0 Å². The number of carbonyl (C=O) groups is 3. The zero-order chi connectivity index (χ0) is 58.5. The Morgan fingerprint density at radius 1 is 0.259 bits per heavy atom. The number of hydrogen-bond acceptors (Lipinski definition) is 6. The second-order valence-electron chi connectivity index (χ2n) is 20.2. The van der Waals surface area contributed by atoms with Gasteiger partial charge in [-0.05, 0) is 154 Å². The van der Waals surface area contributed by atoms with Crippen LogP contribution in [0.15, 0.2) is 194 Å². The molecule has 81 heavy (non-hydrogen) atoms. The zero-order valence-corrected chi connectivity index (χ0v) is 51.5. The van der Waals surface area contributed by atoms with Gasteiger partial charge in [0, 0.05) is 19.3 Å². The van der Waals surface area contributed by atoms with Crippen molar-refractivity contribution in [3.63, 3.8) is 0 Å². The van der Waals surface area contributed by atoms with E-state index < -0.39 is 6.10 Å². The van der Waals surface area contributed by atoms with Crippen molar-refractivity contribution >= 4 is 17.9 Å². The summed E-state index contributed by atoms with van der Waals surface area (Å²) in [4.78, 5) is 38.2. The van der Waals surface area contributed by atoms with Crippen molar-refractivity contribution in [3.05, 3.63) is 194 Å². The van der Waals surface area contributed by atoms with Crippen molar-refractivity contribution in [3.8, 4) is 0 Å². The van der Waals surface area contributed by atoms with Crippen molar-refractivity contribution < 1.29 is 28.6 Å². The minimum Gasteiger partial charge on any atom is -0.462 e. The lowest BCUT2D eigenvalue weighted by atomic mass is 10.1. The number of ether oxygens (including phenoxy) is 3. The van der Waals surface area contributed by atoms with Gasteiger partial charge in [0.1, 0.15) is 13.2 Å². The molecule has 0 aliphatic heterocycles. The fourth-order valence-electron chi connectivity index (χ4n) is 7.84. The van der Waals surface area contributed by atoms with Gasteiger partial charge in [0.2, 0.25) is 0 Å². The molecule has 0 aromatic rings. The van der Waals surface area contributed by atoms with E-state index in [-0.39, 0.29) is 44.0 Å². The first-order valence-corrected chi connectivity index (χ1v) is 31.9. The monoisotopic (exact) mass is 1110 g/mol. The molecule has 0 amide bonds. The molecule has 0 saturated heterocycles. The van der Waals surface area contributed by atoms with Crippen LogP contribution in [0.4, 0.5) is 0 Å². The number of carbonyl (C=O) groups excluding carboxylic acids is 3. The fraction of sp³-hybridized carbons (Fsp3) is 0.533. The Morgan fingerprint density at radius 2 is 0.494 bits per heavy atom. The Kier molecular flexibility index (Phi) is 62.0. The average molecular weight is 1110 g/mol. The van der Waals surface area contributed by atoms with Crippen molar-refractivity contribution in [2.24, 2.45) is 0 Å². The van der Waals surface area contributed by atoms with E-state index in [1.807, 2.05) is 0 Å². The van der Waals surface area contributed by atoms with Crippen molar-refractivity contribution in [1.82, 2.24) is 0 Å². The van der Waals surface area contributed by atoms with Crippen LogP contribution in [0, 0.1) is 0 Å². The molecule has 0 N–H and O–H groups in total. The highest BCUT2D eigenvalue weighted by Gasteiger charge is 2.19. The molecular weight excluding hydrogens is 997 g/mol. The van der Waals surface area contributed by atoms with Crippen LogP contribution in [0.2, 0.25) is 0 Å². The molecule has 0 spiro atoms. The van der Waals surface area contributed by atoms with E-state index in [4.69, 9.17) is 14.2 Å². The van der Waals surface area contributed by atoms with Crippen LogP contribution in [0.1, 0.15) is 239 Å². The Hall–Kier alpha value is -5.75. The van der Waals surface area contributed by atoms with Gasteiger partial charge in [-0.1, -0.05) is 260 Å². The lowest BCUT2D eigenvalue weighted by Gasteiger charge is -2.18. The summed E-state index contributed by atoms with van der Waals surface area (Å²) in [6, 6.07) is 0. The molecule has 6 nitrogen and oxygen atoms in total. The van der Waals surface area contributed by atoms with E-state index in [1.54, 1.807) is 0 Å². The number of unbranched alkanes of at least 4 members (excludes halogenated alkanes) is 12. The predicted octanol–water partition coefficient (Wildman–Crippen LogP) is 22.2. The van der Waals surface area contributed by atoms with Gasteiger partial charge >= 0.3 is 17.9 Å². The summed E-state index contributed by atoms with van der Waals surface area (Å²) < 4.78 is 16.8. The first-order valence-electron chi connectivity index (χ1n) is 31.9. The average Bonchev–Trinajstić information content (AvgIpc) is 3.47. The molecule has 0 bridgehead atoms. The molecule has 450 valence electrons. The third kappa shape index (κ3) is 64.9. The van der Waals surface area contributed by atoms with Crippen LogP contribution >= 0.6 is 0 Å². The largest absolute Gasteiger partial charge is 0.462 e. The second-order valence-corrected chi connectivity index (χ2v) is 20.2. The van der Waals surface area contributed by atoms with Gasteiger partial charge in [-0.3, -0.25) is 14.4 Å². The van der Waals surface area contributed by atoms with Gasteiger partial charge < -0.3 is 14.2 Å². The smallest absolute Gasteiger partial charge is 0.306 e. The van der Waals surface area contributed by atoms with Crippen LogP contribution in [-0.4, -0.2) is 37.2 Å². The minimum absolute atomic E-state index is 0.121. The lowest BCUT2D eigenvalue weighted by molar-refractivity contribution is -0.167.